The summed E-state index contributed by atoms with van der Waals surface area (Å²) in [6.07, 6.45) is 0.782. The fraction of sp³-hybridized carbons (Fsp3) is 0.160. The van der Waals surface area contributed by atoms with Gasteiger partial charge in [0.1, 0.15) is 0 Å². The largest absolute Gasteiger partial charge is 0.490 e. The first-order valence-electron chi connectivity index (χ1n) is 10.7. The van der Waals surface area contributed by atoms with E-state index in [2.05, 4.69) is 16.0 Å². The number of amides is 3. The summed E-state index contributed by atoms with van der Waals surface area (Å²) in [5.41, 5.74) is 1.91. The third-order valence-electron chi connectivity index (χ3n) is 4.78. The van der Waals surface area contributed by atoms with Crippen molar-refractivity contribution in [1.82, 2.24) is 0 Å². The van der Waals surface area contributed by atoms with Crippen molar-refractivity contribution < 1.29 is 28.6 Å². The van der Waals surface area contributed by atoms with Crippen LogP contribution in [0.2, 0.25) is 0 Å². The van der Waals surface area contributed by atoms with E-state index >= 15 is 0 Å². The van der Waals surface area contributed by atoms with Crippen LogP contribution in [0.4, 0.5) is 21.9 Å². The van der Waals surface area contributed by atoms with Crippen molar-refractivity contribution in [3.05, 3.63) is 78.4 Å². The van der Waals surface area contributed by atoms with Crippen LogP contribution >= 0.6 is 0 Å². The van der Waals surface area contributed by atoms with E-state index in [4.69, 9.17) is 14.2 Å². The summed E-state index contributed by atoms with van der Waals surface area (Å²) in [6, 6.07) is 19.8. The maximum Gasteiger partial charge on any atom is 0.338 e. The predicted molar refractivity (Wildman–Crippen MR) is 126 cm³/mol. The lowest BCUT2D eigenvalue weighted by atomic mass is 10.2. The Hall–Kier alpha value is -4.53. The van der Waals surface area contributed by atoms with Crippen LogP contribution in [0.3, 0.4) is 0 Å². The van der Waals surface area contributed by atoms with Crippen molar-refractivity contribution in [2.24, 2.45) is 0 Å². The number of carbonyl (C=O) groups is 3. The number of esters is 1. The highest BCUT2D eigenvalue weighted by Gasteiger charge is 2.14. The molecular weight excluding hydrogens is 438 g/mol. The molecule has 34 heavy (non-hydrogen) atoms. The van der Waals surface area contributed by atoms with E-state index in [-0.39, 0.29) is 5.56 Å². The Bertz CT molecular complexity index is 1170. The molecule has 0 saturated carbocycles. The van der Waals surface area contributed by atoms with Crippen molar-refractivity contribution in [3.8, 4) is 11.5 Å². The van der Waals surface area contributed by atoms with Crippen molar-refractivity contribution in [2.45, 2.75) is 6.42 Å². The minimum Gasteiger partial charge on any atom is -0.490 e. The van der Waals surface area contributed by atoms with E-state index in [9.17, 15) is 14.4 Å². The molecule has 1 aliphatic heterocycles. The number of benzene rings is 3. The number of nitrogens with one attached hydrogen (secondary N) is 3. The van der Waals surface area contributed by atoms with E-state index in [0.29, 0.717) is 41.8 Å². The van der Waals surface area contributed by atoms with Gasteiger partial charge in [-0.25, -0.2) is 9.59 Å². The van der Waals surface area contributed by atoms with Crippen LogP contribution in [0.5, 0.6) is 11.5 Å². The Morgan fingerprint density at radius 3 is 2.12 bits per heavy atom. The number of ether oxygens (including phenoxy) is 3. The first-order chi connectivity index (χ1) is 16.6. The van der Waals surface area contributed by atoms with Crippen molar-refractivity contribution >= 4 is 35.0 Å². The molecule has 3 aromatic rings. The molecule has 1 aliphatic rings. The van der Waals surface area contributed by atoms with Crippen LogP contribution in [-0.4, -0.2) is 37.7 Å². The SMILES string of the molecule is O=C(COC(=O)c1ccc(NC(=O)Nc2ccccc2)cc1)Nc1ccc2c(c1)OCCCO2. The van der Waals surface area contributed by atoms with Crippen LogP contribution in [0.15, 0.2) is 72.8 Å². The molecule has 0 saturated heterocycles. The van der Waals surface area contributed by atoms with Gasteiger partial charge >= 0.3 is 12.0 Å². The van der Waals surface area contributed by atoms with Crippen molar-refractivity contribution in [3.63, 3.8) is 0 Å². The number of carbonyl (C=O) groups excluding carboxylic acids is 3. The number of rotatable bonds is 6. The predicted octanol–water partition coefficient (Wildman–Crippen LogP) is 4.29. The third kappa shape index (κ3) is 6.26. The summed E-state index contributed by atoms with van der Waals surface area (Å²) in [4.78, 5) is 36.5. The van der Waals surface area contributed by atoms with Gasteiger partial charge in [-0.05, 0) is 48.5 Å². The standard InChI is InChI=1S/C25H23N3O6/c29-23(26-20-11-12-21-22(15-20)33-14-4-13-32-21)16-34-24(30)17-7-9-19(10-8-17)28-25(31)27-18-5-2-1-3-6-18/h1-3,5-12,15H,4,13-14,16H2,(H,26,29)(H2,27,28,31). The van der Waals surface area contributed by atoms with Gasteiger partial charge in [-0.15, -0.1) is 0 Å². The molecular formula is C25H23N3O6. The maximum absolute atomic E-state index is 12.3. The fourth-order valence-electron chi connectivity index (χ4n) is 3.16. The van der Waals surface area contributed by atoms with Crippen molar-refractivity contribution in [2.75, 3.05) is 35.8 Å². The lowest BCUT2D eigenvalue weighted by Crippen LogP contribution is -2.21. The molecule has 3 N–H and O–H groups in total. The first kappa shape index (κ1) is 22.7. The molecule has 9 nitrogen and oxygen atoms in total. The lowest BCUT2D eigenvalue weighted by Gasteiger charge is -2.11. The summed E-state index contributed by atoms with van der Waals surface area (Å²) in [5.74, 6) is 0.0312. The summed E-state index contributed by atoms with van der Waals surface area (Å²) < 4.78 is 16.2. The number of anilines is 3. The molecule has 0 radical (unpaired) electrons. The fourth-order valence-corrected chi connectivity index (χ4v) is 3.16. The summed E-state index contributed by atoms with van der Waals surface area (Å²) >= 11 is 0. The van der Waals surface area contributed by atoms with E-state index in [1.165, 1.54) is 12.1 Å². The van der Waals surface area contributed by atoms with Gasteiger partial charge < -0.3 is 30.2 Å². The van der Waals surface area contributed by atoms with Crippen LogP contribution < -0.4 is 25.4 Å². The topological polar surface area (TPSA) is 115 Å². The quantitative estimate of drug-likeness (QED) is 0.472. The van der Waals surface area contributed by atoms with Gasteiger partial charge in [-0.2, -0.15) is 0 Å². The van der Waals surface area contributed by atoms with Gasteiger partial charge in [-0.1, -0.05) is 18.2 Å². The minimum absolute atomic E-state index is 0.248. The molecule has 3 aromatic carbocycles. The van der Waals surface area contributed by atoms with Crippen LogP contribution in [0.25, 0.3) is 0 Å². The van der Waals surface area contributed by atoms with E-state index in [1.807, 2.05) is 18.2 Å². The molecule has 4 rings (SSSR count). The third-order valence-corrected chi connectivity index (χ3v) is 4.78. The highest BCUT2D eigenvalue weighted by molar-refractivity contribution is 6.00. The zero-order chi connectivity index (χ0) is 23.8. The first-order valence-corrected chi connectivity index (χ1v) is 10.7. The van der Waals surface area contributed by atoms with E-state index < -0.39 is 24.5 Å². The molecule has 9 heteroatoms. The second-order valence-corrected chi connectivity index (χ2v) is 7.36. The van der Waals surface area contributed by atoms with Crippen LogP contribution in [0, 0.1) is 0 Å². The summed E-state index contributed by atoms with van der Waals surface area (Å²) in [5, 5.41) is 8.04. The van der Waals surface area contributed by atoms with Gasteiger partial charge in [0.2, 0.25) is 0 Å². The molecule has 0 atom stereocenters. The molecule has 0 aromatic heterocycles. The molecule has 0 bridgehead atoms. The molecule has 0 spiro atoms. The normalized spacial score (nSPS) is 12.1. The Labute approximate surface area is 196 Å². The second kappa shape index (κ2) is 10.9. The molecule has 0 unspecified atom stereocenters. The number of urea groups is 1. The summed E-state index contributed by atoms with van der Waals surface area (Å²) in [6.45, 7) is 0.660. The minimum atomic E-state index is -0.658. The van der Waals surface area contributed by atoms with Crippen LogP contribution in [0.1, 0.15) is 16.8 Å². The van der Waals surface area contributed by atoms with Gasteiger partial charge in [0, 0.05) is 29.5 Å². The molecule has 0 fully saturated rings. The monoisotopic (exact) mass is 461 g/mol. The molecule has 0 aliphatic carbocycles. The molecule has 1 heterocycles. The second-order valence-electron chi connectivity index (χ2n) is 7.36. The Morgan fingerprint density at radius 2 is 1.38 bits per heavy atom. The Kier molecular flexibility index (Phi) is 7.24. The summed E-state index contributed by atoms with van der Waals surface area (Å²) in [7, 11) is 0. The highest BCUT2D eigenvalue weighted by atomic mass is 16.5. The van der Waals surface area contributed by atoms with Gasteiger partial charge in [0.15, 0.2) is 18.1 Å². The lowest BCUT2D eigenvalue weighted by molar-refractivity contribution is -0.119. The smallest absolute Gasteiger partial charge is 0.338 e. The van der Waals surface area contributed by atoms with Gasteiger partial charge in [-0.3, -0.25) is 4.79 Å². The Morgan fingerprint density at radius 1 is 0.735 bits per heavy atom. The van der Waals surface area contributed by atoms with Crippen LogP contribution in [-0.2, 0) is 9.53 Å². The molecule has 174 valence electrons. The van der Waals surface area contributed by atoms with Gasteiger partial charge in [0.25, 0.3) is 5.91 Å². The highest BCUT2D eigenvalue weighted by Crippen LogP contribution is 2.32. The number of fused-ring (bicyclic) bond motifs is 1. The molecule has 3 amide bonds. The average Bonchev–Trinajstić information content (AvgIpc) is 3.09. The van der Waals surface area contributed by atoms with Crippen molar-refractivity contribution in [1.29, 1.82) is 0 Å². The average molecular weight is 461 g/mol. The zero-order valence-electron chi connectivity index (χ0n) is 18.2. The number of para-hydroxylation sites is 1. The van der Waals surface area contributed by atoms with E-state index in [1.54, 1.807) is 42.5 Å². The Balaban J connectivity index is 1.24. The zero-order valence-corrected chi connectivity index (χ0v) is 18.2. The maximum atomic E-state index is 12.3. The number of hydrogen-bond donors (Lipinski definition) is 3. The number of hydrogen-bond acceptors (Lipinski definition) is 6. The van der Waals surface area contributed by atoms with E-state index in [0.717, 1.165) is 6.42 Å². The van der Waals surface area contributed by atoms with Gasteiger partial charge in [0.05, 0.1) is 18.8 Å².